The third-order valence-corrected chi connectivity index (χ3v) is 3.07. The molecule has 2 aliphatic rings. The first kappa shape index (κ1) is 9.44. The van der Waals surface area contributed by atoms with E-state index in [0.717, 1.165) is 32.6 Å². The maximum Gasteiger partial charge on any atom is 0.0619 e. The summed E-state index contributed by atoms with van der Waals surface area (Å²) >= 11 is 0. The lowest BCUT2D eigenvalue weighted by Crippen LogP contribution is -2.43. The quantitative estimate of drug-likeness (QED) is 0.674. The van der Waals surface area contributed by atoms with Gasteiger partial charge in [0.15, 0.2) is 0 Å². The van der Waals surface area contributed by atoms with Crippen LogP contribution in [-0.4, -0.2) is 37.0 Å². The Kier molecular flexibility index (Phi) is 3.19. The Balaban J connectivity index is 1.56. The Bertz CT molecular complexity index is 151. The van der Waals surface area contributed by atoms with Crippen molar-refractivity contribution in [1.82, 2.24) is 5.32 Å². The van der Waals surface area contributed by atoms with Crippen LogP contribution in [0.2, 0.25) is 0 Å². The molecule has 13 heavy (non-hydrogen) atoms. The maximum absolute atomic E-state index is 9.10. The second-order valence-corrected chi connectivity index (χ2v) is 4.31. The van der Waals surface area contributed by atoms with E-state index in [1.54, 1.807) is 0 Å². The predicted molar refractivity (Wildman–Crippen MR) is 50.6 cm³/mol. The average Bonchev–Trinajstić information content (AvgIpc) is 2.12. The zero-order chi connectivity index (χ0) is 9.10. The van der Waals surface area contributed by atoms with Crippen LogP contribution in [0, 0.1) is 5.92 Å². The van der Waals surface area contributed by atoms with E-state index < -0.39 is 0 Å². The Morgan fingerprint density at radius 1 is 1.38 bits per heavy atom. The summed E-state index contributed by atoms with van der Waals surface area (Å²) in [5.41, 5.74) is 0. The average molecular weight is 185 g/mol. The molecule has 1 aliphatic heterocycles. The summed E-state index contributed by atoms with van der Waals surface area (Å²) in [6.45, 7) is 2.86. The van der Waals surface area contributed by atoms with Crippen molar-refractivity contribution in [3.63, 3.8) is 0 Å². The minimum absolute atomic E-state index is 0.0191. The van der Waals surface area contributed by atoms with Crippen molar-refractivity contribution < 1.29 is 9.84 Å². The van der Waals surface area contributed by atoms with Crippen LogP contribution in [-0.2, 0) is 4.74 Å². The normalized spacial score (nSPS) is 39.9. The largest absolute Gasteiger partial charge is 0.393 e. The number of aliphatic hydroxyl groups is 1. The van der Waals surface area contributed by atoms with Crippen molar-refractivity contribution >= 4 is 0 Å². The number of nitrogens with one attached hydrogen (secondary N) is 1. The number of aliphatic hydroxyl groups excluding tert-OH is 1. The van der Waals surface area contributed by atoms with E-state index in [1.807, 2.05) is 0 Å². The first-order valence-corrected chi connectivity index (χ1v) is 5.34. The molecule has 0 aromatic rings. The van der Waals surface area contributed by atoms with Crippen LogP contribution in [0.4, 0.5) is 0 Å². The molecule has 1 saturated carbocycles. The van der Waals surface area contributed by atoms with Gasteiger partial charge in [-0.15, -0.1) is 0 Å². The van der Waals surface area contributed by atoms with Crippen LogP contribution in [0.5, 0.6) is 0 Å². The van der Waals surface area contributed by atoms with Crippen molar-refractivity contribution in [1.29, 1.82) is 0 Å². The van der Waals surface area contributed by atoms with Gasteiger partial charge in [-0.25, -0.2) is 0 Å². The summed E-state index contributed by atoms with van der Waals surface area (Å²) in [6.07, 6.45) is 4.39. The molecule has 2 rings (SSSR count). The molecule has 1 aliphatic carbocycles. The smallest absolute Gasteiger partial charge is 0.0619 e. The molecule has 0 spiro atoms. The third kappa shape index (κ3) is 2.66. The number of ether oxygens (including phenoxy) is 1. The Hall–Kier alpha value is -0.120. The van der Waals surface area contributed by atoms with E-state index in [2.05, 4.69) is 5.32 Å². The van der Waals surface area contributed by atoms with Crippen LogP contribution >= 0.6 is 0 Å². The third-order valence-electron chi connectivity index (χ3n) is 3.07. The van der Waals surface area contributed by atoms with Crippen LogP contribution in [0.15, 0.2) is 0 Å². The number of rotatable bonds is 3. The second kappa shape index (κ2) is 4.40. The molecule has 1 saturated heterocycles. The highest BCUT2D eigenvalue weighted by Crippen LogP contribution is 2.26. The molecular formula is C10H19NO2. The predicted octanol–water partition coefficient (Wildman–Crippen LogP) is 0.526. The van der Waals surface area contributed by atoms with Gasteiger partial charge in [0.25, 0.3) is 0 Å². The van der Waals surface area contributed by atoms with Crippen LogP contribution in [0.25, 0.3) is 0 Å². The highest BCUT2D eigenvalue weighted by atomic mass is 16.5. The Labute approximate surface area is 79.5 Å². The van der Waals surface area contributed by atoms with Crippen molar-refractivity contribution in [2.75, 3.05) is 19.8 Å². The van der Waals surface area contributed by atoms with Gasteiger partial charge < -0.3 is 15.2 Å². The van der Waals surface area contributed by atoms with Gasteiger partial charge in [-0.05, 0) is 38.1 Å². The van der Waals surface area contributed by atoms with Gasteiger partial charge in [-0.1, -0.05) is 0 Å². The van der Waals surface area contributed by atoms with Crippen molar-refractivity contribution in [3.8, 4) is 0 Å². The monoisotopic (exact) mass is 185 g/mol. The van der Waals surface area contributed by atoms with E-state index in [0.29, 0.717) is 12.0 Å². The van der Waals surface area contributed by atoms with Gasteiger partial charge in [0, 0.05) is 12.6 Å². The summed E-state index contributed by atoms with van der Waals surface area (Å²) in [7, 11) is 0. The maximum atomic E-state index is 9.10. The fourth-order valence-corrected chi connectivity index (χ4v) is 2.10. The van der Waals surface area contributed by atoms with Crippen molar-refractivity contribution in [2.45, 2.75) is 37.8 Å². The molecule has 3 nitrogen and oxygen atoms in total. The van der Waals surface area contributed by atoms with Crippen molar-refractivity contribution in [2.24, 2.45) is 5.92 Å². The molecule has 1 unspecified atom stereocenters. The van der Waals surface area contributed by atoms with Gasteiger partial charge in [-0.2, -0.15) is 0 Å². The summed E-state index contributed by atoms with van der Waals surface area (Å²) in [6, 6.07) is 0.562. The zero-order valence-electron chi connectivity index (χ0n) is 8.04. The number of hydrogen-bond donors (Lipinski definition) is 2. The molecule has 3 heteroatoms. The molecule has 2 fully saturated rings. The molecule has 2 N–H and O–H groups in total. The highest BCUT2D eigenvalue weighted by molar-refractivity contribution is 4.82. The number of hydrogen-bond acceptors (Lipinski definition) is 3. The van der Waals surface area contributed by atoms with Crippen LogP contribution < -0.4 is 5.32 Å². The molecule has 0 radical (unpaired) electrons. The van der Waals surface area contributed by atoms with Gasteiger partial charge in [0.1, 0.15) is 0 Å². The van der Waals surface area contributed by atoms with Gasteiger partial charge in [0.05, 0.1) is 12.7 Å². The van der Waals surface area contributed by atoms with E-state index in [-0.39, 0.29) is 6.10 Å². The lowest BCUT2D eigenvalue weighted by Gasteiger charge is -2.33. The molecular weight excluding hydrogens is 166 g/mol. The van der Waals surface area contributed by atoms with Crippen LogP contribution in [0.1, 0.15) is 25.7 Å². The summed E-state index contributed by atoms with van der Waals surface area (Å²) < 4.78 is 5.38. The fourth-order valence-electron chi connectivity index (χ4n) is 2.10. The Morgan fingerprint density at radius 3 is 2.85 bits per heavy atom. The molecule has 76 valence electrons. The first-order chi connectivity index (χ1) is 6.34. The zero-order valence-corrected chi connectivity index (χ0v) is 8.04. The fraction of sp³-hybridized carbons (Fsp3) is 1.00. The van der Waals surface area contributed by atoms with Crippen molar-refractivity contribution in [3.05, 3.63) is 0 Å². The minimum atomic E-state index is -0.0191. The topological polar surface area (TPSA) is 41.5 Å². The molecule has 0 amide bonds. The van der Waals surface area contributed by atoms with E-state index in [1.165, 1.54) is 12.8 Å². The summed E-state index contributed by atoms with van der Waals surface area (Å²) in [4.78, 5) is 0. The molecule has 0 bridgehead atoms. The van der Waals surface area contributed by atoms with Gasteiger partial charge in [0.2, 0.25) is 0 Å². The molecule has 1 atom stereocenters. The van der Waals surface area contributed by atoms with E-state index >= 15 is 0 Å². The SMILES string of the molecule is OC1CC(CNC2CCCOC2)C1. The molecule has 0 aromatic heterocycles. The first-order valence-electron chi connectivity index (χ1n) is 5.34. The minimum Gasteiger partial charge on any atom is -0.393 e. The summed E-state index contributed by atoms with van der Waals surface area (Å²) in [5.74, 6) is 0.705. The second-order valence-electron chi connectivity index (χ2n) is 4.31. The van der Waals surface area contributed by atoms with E-state index in [9.17, 15) is 0 Å². The molecule has 0 aromatic carbocycles. The Morgan fingerprint density at radius 2 is 2.23 bits per heavy atom. The van der Waals surface area contributed by atoms with Gasteiger partial charge in [-0.3, -0.25) is 0 Å². The lowest BCUT2D eigenvalue weighted by atomic mass is 9.82. The lowest BCUT2D eigenvalue weighted by molar-refractivity contribution is 0.0327. The standard InChI is InChI=1S/C10H19NO2/c12-10-4-8(5-10)6-11-9-2-1-3-13-7-9/h8-12H,1-7H2. The molecule has 1 heterocycles. The van der Waals surface area contributed by atoms with E-state index in [4.69, 9.17) is 9.84 Å². The highest BCUT2D eigenvalue weighted by Gasteiger charge is 2.27. The van der Waals surface area contributed by atoms with Gasteiger partial charge >= 0.3 is 0 Å². The summed E-state index contributed by atoms with van der Waals surface area (Å²) in [5, 5.41) is 12.6. The van der Waals surface area contributed by atoms with Crippen LogP contribution in [0.3, 0.4) is 0 Å².